The molecule has 0 saturated heterocycles. The van der Waals surface area contributed by atoms with Crippen LogP contribution in [0, 0.1) is 0 Å². The van der Waals surface area contributed by atoms with Gasteiger partial charge in [-0.15, -0.1) is 0 Å². The van der Waals surface area contributed by atoms with Gasteiger partial charge in [-0.2, -0.15) is 0 Å². The summed E-state index contributed by atoms with van der Waals surface area (Å²) < 4.78 is 0. The van der Waals surface area contributed by atoms with E-state index in [9.17, 15) is 33.9 Å². The van der Waals surface area contributed by atoms with Gasteiger partial charge >= 0.3 is 11.9 Å². The average molecular weight is 702 g/mol. The van der Waals surface area contributed by atoms with Crippen LogP contribution in [-0.4, -0.2) is 95.1 Å². The molecule has 50 heavy (non-hydrogen) atoms. The summed E-state index contributed by atoms with van der Waals surface area (Å²) in [4.78, 5) is 76.1. The van der Waals surface area contributed by atoms with Crippen molar-refractivity contribution in [3.05, 3.63) is 36.0 Å². The van der Waals surface area contributed by atoms with Gasteiger partial charge < -0.3 is 47.5 Å². The molecule has 0 radical (unpaired) electrons. The third-order valence-corrected chi connectivity index (χ3v) is 8.22. The Morgan fingerprint density at radius 2 is 1.46 bits per heavy atom. The second-order valence-corrected chi connectivity index (χ2v) is 12.4. The smallest absolute Gasteiger partial charge is 0.326 e. The first kappa shape index (κ1) is 41.7. The molecule has 0 bridgehead atoms. The molecule has 1 aromatic heterocycles. The maximum Gasteiger partial charge on any atom is 0.326 e. The average Bonchev–Trinajstić information content (AvgIpc) is 3.49. The number of hydrogen-bond acceptors (Lipinski definition) is 8. The summed E-state index contributed by atoms with van der Waals surface area (Å²) in [7, 11) is 0. The number of carboxylic acid groups (broad SMARTS) is 2. The van der Waals surface area contributed by atoms with E-state index in [0.717, 1.165) is 35.7 Å². The molecule has 2 aromatic rings. The fraction of sp³-hybridized carbons (Fsp3) is 0.600. The number of amides is 4. The van der Waals surface area contributed by atoms with Crippen molar-refractivity contribution in [1.82, 2.24) is 31.6 Å². The number of para-hydroxylation sites is 1. The third-order valence-electron chi connectivity index (χ3n) is 8.22. The molecule has 0 spiro atoms. The highest BCUT2D eigenvalue weighted by Crippen LogP contribution is 2.19. The highest BCUT2D eigenvalue weighted by Gasteiger charge is 2.26. The Hall–Kier alpha value is -4.50. The van der Waals surface area contributed by atoms with E-state index in [1.807, 2.05) is 24.3 Å². The van der Waals surface area contributed by atoms with Gasteiger partial charge in [-0.1, -0.05) is 63.6 Å². The first-order valence-electron chi connectivity index (χ1n) is 17.6. The van der Waals surface area contributed by atoms with Gasteiger partial charge in [0, 0.05) is 69.0 Å². The lowest BCUT2D eigenvalue weighted by Gasteiger charge is -2.22. The second kappa shape index (κ2) is 23.8. The summed E-state index contributed by atoms with van der Waals surface area (Å²) in [6.07, 6.45) is 9.85. The van der Waals surface area contributed by atoms with Gasteiger partial charge in [0.05, 0.1) is 6.04 Å². The minimum atomic E-state index is -1.31. The summed E-state index contributed by atoms with van der Waals surface area (Å²) in [5.41, 5.74) is 7.76. The highest BCUT2D eigenvalue weighted by molar-refractivity contribution is 5.91. The van der Waals surface area contributed by atoms with E-state index in [1.165, 1.54) is 25.7 Å². The lowest BCUT2D eigenvalue weighted by molar-refractivity contribution is -0.142. The van der Waals surface area contributed by atoms with E-state index in [1.54, 1.807) is 6.20 Å². The Labute approximate surface area is 293 Å². The molecule has 3 unspecified atom stereocenters. The SMILES string of the molecule is CCCCCCCCCC(=O)NCCNCC(N)C(=O)NC(Cc1c[nH]c2ccccc12)C(=O)NCCC(NC(=O)CCCC(=O)O)C(=O)O. The van der Waals surface area contributed by atoms with Crippen LogP contribution in [0.1, 0.15) is 89.5 Å². The Balaban J connectivity index is 1.86. The molecular formula is C35H55N7O8. The number of carbonyl (C=O) groups excluding carboxylic acids is 4. The molecule has 15 nitrogen and oxygen atoms in total. The van der Waals surface area contributed by atoms with E-state index in [-0.39, 0.29) is 51.1 Å². The summed E-state index contributed by atoms with van der Waals surface area (Å²) in [5, 5.41) is 32.8. The Morgan fingerprint density at radius 1 is 0.760 bits per heavy atom. The Bertz CT molecular complexity index is 1380. The van der Waals surface area contributed by atoms with Crippen LogP contribution in [0.2, 0.25) is 0 Å². The lowest BCUT2D eigenvalue weighted by Crippen LogP contribution is -2.55. The molecule has 0 aliphatic carbocycles. The van der Waals surface area contributed by atoms with Gasteiger partial charge in [-0.3, -0.25) is 24.0 Å². The van der Waals surface area contributed by atoms with Crippen molar-refractivity contribution in [2.45, 2.75) is 109 Å². The van der Waals surface area contributed by atoms with Crippen LogP contribution in [0.4, 0.5) is 0 Å². The number of aromatic amines is 1. The molecule has 4 amide bonds. The lowest BCUT2D eigenvalue weighted by atomic mass is 10.0. The number of aliphatic carboxylic acids is 2. The van der Waals surface area contributed by atoms with E-state index in [2.05, 4.69) is 38.5 Å². The Kier molecular flexibility index (Phi) is 19.8. The Morgan fingerprint density at radius 3 is 2.18 bits per heavy atom. The van der Waals surface area contributed by atoms with Crippen molar-refractivity contribution in [1.29, 1.82) is 0 Å². The zero-order valence-corrected chi connectivity index (χ0v) is 29.1. The normalized spacial score (nSPS) is 12.8. The number of H-pyrrole nitrogens is 1. The number of carboxylic acids is 2. The molecule has 0 fully saturated rings. The van der Waals surface area contributed by atoms with Crippen molar-refractivity contribution in [2.24, 2.45) is 5.73 Å². The monoisotopic (exact) mass is 701 g/mol. The molecule has 278 valence electrons. The van der Waals surface area contributed by atoms with Crippen molar-refractivity contribution in [2.75, 3.05) is 26.2 Å². The van der Waals surface area contributed by atoms with Crippen LogP contribution < -0.4 is 32.3 Å². The zero-order valence-electron chi connectivity index (χ0n) is 29.1. The number of unbranched alkanes of at least 4 members (excludes halogenated alkanes) is 6. The molecular weight excluding hydrogens is 646 g/mol. The number of nitrogens with one attached hydrogen (secondary N) is 6. The highest BCUT2D eigenvalue weighted by atomic mass is 16.4. The van der Waals surface area contributed by atoms with E-state index in [4.69, 9.17) is 10.8 Å². The molecule has 1 heterocycles. The maximum absolute atomic E-state index is 13.3. The number of carbonyl (C=O) groups is 6. The van der Waals surface area contributed by atoms with Gasteiger partial charge in [-0.05, 0) is 30.9 Å². The van der Waals surface area contributed by atoms with Crippen molar-refractivity contribution < 1.29 is 39.0 Å². The number of rotatable bonds is 27. The van der Waals surface area contributed by atoms with Gasteiger partial charge in [0.1, 0.15) is 12.1 Å². The molecule has 15 heteroatoms. The molecule has 1 aromatic carbocycles. The largest absolute Gasteiger partial charge is 0.481 e. The van der Waals surface area contributed by atoms with Crippen LogP contribution >= 0.6 is 0 Å². The first-order chi connectivity index (χ1) is 24.0. The predicted molar refractivity (Wildman–Crippen MR) is 189 cm³/mol. The molecule has 3 atom stereocenters. The minimum Gasteiger partial charge on any atom is -0.481 e. The van der Waals surface area contributed by atoms with Crippen molar-refractivity contribution in [3.8, 4) is 0 Å². The topological polar surface area (TPSA) is 245 Å². The number of benzene rings is 1. The van der Waals surface area contributed by atoms with E-state index in [0.29, 0.717) is 19.5 Å². The third kappa shape index (κ3) is 16.7. The number of fused-ring (bicyclic) bond motifs is 1. The van der Waals surface area contributed by atoms with Gasteiger partial charge in [0.2, 0.25) is 23.6 Å². The van der Waals surface area contributed by atoms with E-state index >= 15 is 0 Å². The fourth-order valence-corrected chi connectivity index (χ4v) is 5.37. The number of aromatic nitrogens is 1. The van der Waals surface area contributed by atoms with Gasteiger partial charge in [-0.25, -0.2) is 4.79 Å². The van der Waals surface area contributed by atoms with Gasteiger partial charge in [0.25, 0.3) is 0 Å². The van der Waals surface area contributed by atoms with Crippen LogP contribution in [0.15, 0.2) is 30.5 Å². The standard InChI is InChI=1S/C35H55N7O8/c1-2-3-4-5-6-7-8-14-30(43)38-20-19-37-23-26(36)33(47)42-29(21-24-22-40-27-13-10-9-12-25(24)27)34(48)39-18-17-28(35(49)50)41-31(44)15-11-16-32(45)46/h9-10,12-13,22,26,28-29,37,40H,2-8,11,14-21,23,36H2,1H3,(H,38,43)(H,39,48)(H,41,44)(H,42,47)(H,45,46)(H,49,50). The summed E-state index contributed by atoms with van der Waals surface area (Å²) in [6.45, 7) is 2.96. The van der Waals surface area contributed by atoms with Crippen LogP contribution in [0.3, 0.4) is 0 Å². The summed E-state index contributed by atoms with van der Waals surface area (Å²) in [6, 6.07) is 4.14. The summed E-state index contributed by atoms with van der Waals surface area (Å²) in [5.74, 6) is -4.12. The van der Waals surface area contributed by atoms with Crippen molar-refractivity contribution >= 4 is 46.5 Å². The van der Waals surface area contributed by atoms with E-state index < -0.39 is 47.8 Å². The molecule has 10 N–H and O–H groups in total. The van der Waals surface area contributed by atoms with Crippen molar-refractivity contribution in [3.63, 3.8) is 0 Å². The van der Waals surface area contributed by atoms with Crippen LogP contribution in [0.5, 0.6) is 0 Å². The molecule has 0 saturated carbocycles. The molecule has 0 aliphatic heterocycles. The minimum absolute atomic E-state index is 0.0127. The maximum atomic E-state index is 13.3. The van der Waals surface area contributed by atoms with Crippen LogP contribution in [0.25, 0.3) is 10.9 Å². The van der Waals surface area contributed by atoms with Gasteiger partial charge in [0.15, 0.2) is 0 Å². The fourth-order valence-electron chi connectivity index (χ4n) is 5.37. The zero-order chi connectivity index (χ0) is 36.7. The van der Waals surface area contributed by atoms with Crippen LogP contribution in [-0.2, 0) is 35.2 Å². The molecule has 0 aliphatic rings. The number of nitrogens with two attached hydrogens (primary N) is 1. The molecule has 2 rings (SSSR count). The summed E-state index contributed by atoms with van der Waals surface area (Å²) >= 11 is 0. The quantitative estimate of drug-likeness (QED) is 0.0610. The number of hydrogen-bond donors (Lipinski definition) is 9. The first-order valence-corrected chi connectivity index (χ1v) is 17.6. The second-order valence-electron chi connectivity index (χ2n) is 12.4. The predicted octanol–water partition coefficient (Wildman–Crippen LogP) is 1.70.